The lowest BCUT2D eigenvalue weighted by atomic mass is 10.2. The molecule has 3 heterocycles. The number of nitriles is 1. The molecule has 0 bridgehead atoms. The average molecular weight is 346 g/mol. The molecule has 2 aromatic heterocycles. The molecule has 1 unspecified atom stereocenters. The van der Waals surface area contributed by atoms with Crippen LogP contribution in [0.1, 0.15) is 27.0 Å². The van der Waals surface area contributed by atoms with E-state index in [-0.39, 0.29) is 11.3 Å². The van der Waals surface area contributed by atoms with Crippen LogP contribution in [0.4, 0.5) is 5.69 Å². The van der Waals surface area contributed by atoms with E-state index in [0.717, 1.165) is 17.0 Å². The molecule has 0 aliphatic carbocycles. The molecule has 4 rings (SSSR count). The zero-order valence-corrected chi connectivity index (χ0v) is 14.1. The van der Waals surface area contributed by atoms with Crippen LogP contribution in [0.3, 0.4) is 0 Å². The van der Waals surface area contributed by atoms with Crippen molar-refractivity contribution in [2.45, 2.75) is 11.1 Å². The van der Waals surface area contributed by atoms with Crippen LogP contribution in [0.5, 0.6) is 0 Å². The Morgan fingerprint density at radius 1 is 1.24 bits per heavy atom. The molecule has 1 aliphatic heterocycles. The van der Waals surface area contributed by atoms with E-state index < -0.39 is 0 Å². The number of hydrogen-bond donors (Lipinski definition) is 0. The minimum Gasteiger partial charge on any atom is -0.332 e. The minimum atomic E-state index is -0.313. The first-order valence-corrected chi connectivity index (χ1v) is 8.85. The zero-order chi connectivity index (χ0) is 17.2. The molecule has 3 aromatic rings. The zero-order valence-electron chi connectivity index (χ0n) is 13.2. The highest BCUT2D eigenvalue weighted by molar-refractivity contribution is 7.99. The Kier molecular flexibility index (Phi) is 4.00. The van der Waals surface area contributed by atoms with Crippen LogP contribution in [0, 0.1) is 11.5 Å². The Balaban J connectivity index is 1.69. The summed E-state index contributed by atoms with van der Waals surface area (Å²) in [6.45, 7) is 0. The Labute approximate surface area is 149 Å². The number of anilines is 1. The van der Waals surface area contributed by atoms with Crippen molar-refractivity contribution in [1.82, 2.24) is 9.55 Å². The largest absolute Gasteiger partial charge is 0.332 e. The van der Waals surface area contributed by atoms with Gasteiger partial charge in [-0.3, -0.25) is 9.78 Å². The number of carbonyl (C=O) groups excluding carboxylic acids is 1. The summed E-state index contributed by atoms with van der Waals surface area (Å²) in [6.07, 6.45) is 7.57. The van der Waals surface area contributed by atoms with Gasteiger partial charge in [-0.05, 0) is 24.3 Å². The molecule has 0 spiro atoms. The molecule has 0 saturated carbocycles. The summed E-state index contributed by atoms with van der Waals surface area (Å²) in [5.74, 6) is 0.425. The maximum atomic E-state index is 12.7. The number of hydrogen-bond acceptors (Lipinski definition) is 4. The Bertz CT molecular complexity index is 947. The third-order valence-corrected chi connectivity index (χ3v) is 5.42. The standard InChI is InChI=1S/C19H14N4OS/c20-13-23(18(24)14-5-2-1-3-6-14)16-8-10-22-17(16)12-25-19(22)15-7-4-9-21-11-15/h1-11,19H,12H2. The fourth-order valence-electron chi connectivity index (χ4n) is 2.98. The predicted molar refractivity (Wildman–Crippen MR) is 97.0 cm³/mol. The van der Waals surface area contributed by atoms with E-state index in [1.165, 1.54) is 4.90 Å². The fourth-order valence-corrected chi connectivity index (χ4v) is 4.28. The molecule has 5 nitrogen and oxygen atoms in total. The van der Waals surface area contributed by atoms with Crippen LogP contribution in [-0.2, 0) is 5.75 Å². The van der Waals surface area contributed by atoms with E-state index in [1.54, 1.807) is 42.2 Å². The van der Waals surface area contributed by atoms with Crippen molar-refractivity contribution in [3.05, 3.63) is 83.9 Å². The number of fused-ring (bicyclic) bond motifs is 1. The lowest BCUT2D eigenvalue weighted by molar-refractivity contribution is 0.0999. The average Bonchev–Trinajstić information content (AvgIpc) is 3.27. The van der Waals surface area contributed by atoms with E-state index in [9.17, 15) is 10.1 Å². The van der Waals surface area contributed by atoms with Gasteiger partial charge in [0.05, 0.1) is 11.4 Å². The first-order chi connectivity index (χ1) is 12.3. The molecule has 25 heavy (non-hydrogen) atoms. The van der Waals surface area contributed by atoms with Gasteiger partial charge < -0.3 is 4.57 Å². The van der Waals surface area contributed by atoms with Gasteiger partial charge in [-0.2, -0.15) is 5.26 Å². The summed E-state index contributed by atoms with van der Waals surface area (Å²) >= 11 is 1.76. The third-order valence-electron chi connectivity index (χ3n) is 4.17. The highest BCUT2D eigenvalue weighted by Gasteiger charge is 2.30. The van der Waals surface area contributed by atoms with Crippen LogP contribution in [0.15, 0.2) is 67.1 Å². The summed E-state index contributed by atoms with van der Waals surface area (Å²) < 4.78 is 2.11. The van der Waals surface area contributed by atoms with Gasteiger partial charge in [-0.25, -0.2) is 4.90 Å². The summed E-state index contributed by atoms with van der Waals surface area (Å²) in [5.41, 5.74) is 3.23. The van der Waals surface area contributed by atoms with Gasteiger partial charge in [-0.15, -0.1) is 11.8 Å². The summed E-state index contributed by atoms with van der Waals surface area (Å²) in [4.78, 5) is 18.1. The Hall–Kier alpha value is -3.04. The highest BCUT2D eigenvalue weighted by atomic mass is 32.2. The van der Waals surface area contributed by atoms with Crippen LogP contribution < -0.4 is 4.90 Å². The molecular formula is C19H14N4OS. The minimum absolute atomic E-state index is 0.116. The first kappa shape index (κ1) is 15.5. The van der Waals surface area contributed by atoms with Crippen LogP contribution in [0.2, 0.25) is 0 Å². The third kappa shape index (κ3) is 2.69. The lowest BCUT2D eigenvalue weighted by Crippen LogP contribution is -2.26. The van der Waals surface area contributed by atoms with Crippen LogP contribution in [-0.4, -0.2) is 15.5 Å². The number of benzene rings is 1. The van der Waals surface area contributed by atoms with E-state index >= 15 is 0 Å². The molecule has 0 N–H and O–H groups in total. The van der Waals surface area contributed by atoms with Gasteiger partial charge in [-0.1, -0.05) is 24.3 Å². The van der Waals surface area contributed by atoms with E-state index in [2.05, 4.69) is 9.55 Å². The molecule has 1 amide bonds. The van der Waals surface area contributed by atoms with Crippen molar-refractivity contribution in [2.75, 3.05) is 4.90 Å². The van der Waals surface area contributed by atoms with Crippen molar-refractivity contribution in [1.29, 1.82) is 5.26 Å². The van der Waals surface area contributed by atoms with Crippen molar-refractivity contribution < 1.29 is 4.79 Å². The molecule has 122 valence electrons. The number of aromatic nitrogens is 2. The Morgan fingerprint density at radius 2 is 2.08 bits per heavy atom. The van der Waals surface area contributed by atoms with Crippen molar-refractivity contribution in [3.8, 4) is 6.19 Å². The van der Waals surface area contributed by atoms with Crippen LogP contribution in [0.25, 0.3) is 0 Å². The second-order valence-corrected chi connectivity index (χ2v) is 6.68. The molecule has 1 aromatic carbocycles. The molecule has 1 aliphatic rings. The maximum absolute atomic E-state index is 12.7. The van der Waals surface area contributed by atoms with Crippen molar-refractivity contribution in [3.63, 3.8) is 0 Å². The molecule has 0 fully saturated rings. The van der Waals surface area contributed by atoms with Gasteiger partial charge in [0, 0.05) is 35.5 Å². The molecule has 6 heteroatoms. The number of rotatable bonds is 3. The topological polar surface area (TPSA) is 61.9 Å². The SMILES string of the molecule is N#CN(C(=O)c1ccccc1)c1ccn2c1CSC2c1cccnc1. The molecular weight excluding hydrogens is 332 g/mol. The predicted octanol–water partition coefficient (Wildman–Crippen LogP) is 3.80. The van der Waals surface area contributed by atoms with E-state index in [0.29, 0.717) is 11.3 Å². The number of carbonyl (C=O) groups is 1. The van der Waals surface area contributed by atoms with Gasteiger partial charge >= 0.3 is 0 Å². The normalized spacial score (nSPS) is 15.4. The van der Waals surface area contributed by atoms with Gasteiger partial charge in [0.15, 0.2) is 6.19 Å². The Morgan fingerprint density at radius 3 is 2.80 bits per heavy atom. The monoisotopic (exact) mass is 346 g/mol. The number of pyridine rings is 1. The summed E-state index contributed by atoms with van der Waals surface area (Å²) in [5, 5.41) is 9.69. The van der Waals surface area contributed by atoms with Gasteiger partial charge in [0.25, 0.3) is 5.91 Å². The fraction of sp³-hybridized carbons (Fsp3) is 0.105. The molecule has 1 atom stereocenters. The number of amides is 1. The van der Waals surface area contributed by atoms with Gasteiger partial charge in [0.2, 0.25) is 0 Å². The summed E-state index contributed by atoms with van der Waals surface area (Å²) in [7, 11) is 0. The quantitative estimate of drug-likeness (QED) is 0.534. The van der Waals surface area contributed by atoms with Crippen molar-refractivity contribution >= 4 is 23.4 Å². The number of thioether (sulfide) groups is 1. The smallest absolute Gasteiger partial charge is 0.271 e. The lowest BCUT2D eigenvalue weighted by Gasteiger charge is -2.14. The van der Waals surface area contributed by atoms with Gasteiger partial charge in [0.1, 0.15) is 5.37 Å². The van der Waals surface area contributed by atoms with E-state index in [1.807, 2.05) is 42.9 Å². The second kappa shape index (κ2) is 6.46. The number of nitrogens with zero attached hydrogens (tertiary/aromatic N) is 4. The molecule has 0 radical (unpaired) electrons. The second-order valence-electron chi connectivity index (χ2n) is 5.61. The first-order valence-electron chi connectivity index (χ1n) is 7.80. The van der Waals surface area contributed by atoms with Crippen molar-refractivity contribution in [2.24, 2.45) is 0 Å². The molecule has 0 saturated heterocycles. The van der Waals surface area contributed by atoms with E-state index in [4.69, 9.17) is 0 Å². The highest BCUT2D eigenvalue weighted by Crippen LogP contribution is 2.44. The van der Waals surface area contributed by atoms with Crippen LogP contribution >= 0.6 is 11.8 Å². The summed E-state index contributed by atoms with van der Waals surface area (Å²) in [6, 6.07) is 14.7. The maximum Gasteiger partial charge on any atom is 0.271 e.